The van der Waals surface area contributed by atoms with E-state index in [-0.39, 0.29) is 0 Å². The molecule has 0 aliphatic heterocycles. The summed E-state index contributed by atoms with van der Waals surface area (Å²) in [4.78, 5) is 0. The molecule has 2 unspecified atom stereocenters. The molecule has 1 aromatic rings. The zero-order valence-corrected chi connectivity index (χ0v) is 10.8. The summed E-state index contributed by atoms with van der Waals surface area (Å²) >= 11 is 0. The summed E-state index contributed by atoms with van der Waals surface area (Å²) in [6.45, 7) is 4.00. The van der Waals surface area contributed by atoms with Gasteiger partial charge < -0.3 is 4.74 Å². The Kier molecular flexibility index (Phi) is 6.17. The monoisotopic (exact) mass is 220 g/mol. The van der Waals surface area contributed by atoms with Crippen molar-refractivity contribution in [1.82, 2.24) is 0 Å². The van der Waals surface area contributed by atoms with E-state index in [1.165, 1.54) is 31.2 Å². The van der Waals surface area contributed by atoms with Gasteiger partial charge in [0.25, 0.3) is 0 Å². The summed E-state index contributed by atoms with van der Waals surface area (Å²) in [6.07, 6.45) is 5.60. The van der Waals surface area contributed by atoms with Crippen LogP contribution in [0.1, 0.15) is 51.0 Å². The van der Waals surface area contributed by atoms with E-state index in [0.717, 1.165) is 0 Å². The number of hydrogen-bond acceptors (Lipinski definition) is 1. The van der Waals surface area contributed by atoms with Gasteiger partial charge in [-0.1, -0.05) is 57.0 Å². The third-order valence-corrected chi connectivity index (χ3v) is 3.23. The van der Waals surface area contributed by atoms with Gasteiger partial charge in [-0.15, -0.1) is 0 Å². The average Bonchev–Trinajstić information content (AvgIpc) is 2.42. The van der Waals surface area contributed by atoms with Crippen LogP contribution in [0.3, 0.4) is 0 Å². The molecule has 0 amide bonds. The minimum absolute atomic E-state index is 0.436. The molecule has 0 radical (unpaired) electrons. The van der Waals surface area contributed by atoms with Crippen molar-refractivity contribution in [2.45, 2.75) is 51.6 Å². The summed E-state index contributed by atoms with van der Waals surface area (Å²) in [7, 11) is 1.84. The van der Waals surface area contributed by atoms with Crippen molar-refractivity contribution in [3.05, 3.63) is 35.9 Å². The van der Waals surface area contributed by atoms with Crippen molar-refractivity contribution < 1.29 is 4.74 Å². The van der Waals surface area contributed by atoms with Crippen molar-refractivity contribution >= 4 is 0 Å². The predicted molar refractivity (Wildman–Crippen MR) is 69.8 cm³/mol. The summed E-state index contributed by atoms with van der Waals surface area (Å²) in [5.74, 6) is 0.620. The highest BCUT2D eigenvalue weighted by molar-refractivity contribution is 5.21. The maximum absolute atomic E-state index is 5.56. The van der Waals surface area contributed by atoms with E-state index < -0.39 is 0 Å². The van der Waals surface area contributed by atoms with Gasteiger partial charge in [-0.25, -0.2) is 0 Å². The topological polar surface area (TPSA) is 9.23 Å². The fourth-order valence-electron chi connectivity index (χ4n) is 2.46. The van der Waals surface area contributed by atoms with Gasteiger partial charge in [0.2, 0.25) is 0 Å². The first kappa shape index (κ1) is 13.2. The SMILES string of the molecule is CC.COC1CCCCC1c1ccccc1. The Hall–Kier alpha value is -0.820. The highest BCUT2D eigenvalue weighted by atomic mass is 16.5. The first-order chi connectivity index (χ1) is 7.92. The van der Waals surface area contributed by atoms with Gasteiger partial charge in [-0.2, -0.15) is 0 Å². The lowest BCUT2D eigenvalue weighted by molar-refractivity contribution is 0.0523. The largest absolute Gasteiger partial charge is 0.381 e. The average molecular weight is 220 g/mol. The standard InChI is InChI=1S/C13H18O.C2H6/c1-14-13-10-6-5-9-12(13)11-7-3-2-4-8-11;1-2/h2-4,7-8,12-13H,5-6,9-10H2,1H3;1-2H3. The molecular formula is C15H24O. The molecule has 0 spiro atoms. The van der Waals surface area contributed by atoms with Crippen LogP contribution in [0, 0.1) is 0 Å². The molecule has 0 heterocycles. The highest BCUT2D eigenvalue weighted by Crippen LogP contribution is 2.34. The van der Waals surface area contributed by atoms with E-state index in [1.54, 1.807) is 0 Å². The molecule has 1 nitrogen and oxygen atoms in total. The Balaban J connectivity index is 0.000000606. The van der Waals surface area contributed by atoms with Crippen LogP contribution in [0.15, 0.2) is 30.3 Å². The molecule has 1 heteroatoms. The Morgan fingerprint density at radius 2 is 1.62 bits per heavy atom. The maximum atomic E-state index is 5.56. The van der Waals surface area contributed by atoms with Crippen LogP contribution in [0.5, 0.6) is 0 Å². The third-order valence-electron chi connectivity index (χ3n) is 3.23. The molecular weight excluding hydrogens is 196 g/mol. The summed E-state index contributed by atoms with van der Waals surface area (Å²) in [5, 5.41) is 0. The van der Waals surface area contributed by atoms with Crippen LogP contribution in [0.2, 0.25) is 0 Å². The van der Waals surface area contributed by atoms with Crippen molar-refractivity contribution in [2.75, 3.05) is 7.11 Å². The minimum Gasteiger partial charge on any atom is -0.381 e. The van der Waals surface area contributed by atoms with Gasteiger partial charge in [0, 0.05) is 13.0 Å². The summed E-state index contributed by atoms with van der Waals surface area (Å²) in [6, 6.07) is 10.8. The van der Waals surface area contributed by atoms with Crippen molar-refractivity contribution in [3.63, 3.8) is 0 Å². The normalized spacial score (nSPS) is 24.4. The summed E-state index contributed by atoms with van der Waals surface area (Å²) in [5.41, 5.74) is 1.44. The van der Waals surface area contributed by atoms with E-state index in [0.29, 0.717) is 12.0 Å². The molecule has 0 aromatic heterocycles. The van der Waals surface area contributed by atoms with Crippen LogP contribution in [0.25, 0.3) is 0 Å². The number of methoxy groups -OCH3 is 1. The van der Waals surface area contributed by atoms with Crippen LogP contribution < -0.4 is 0 Å². The molecule has 1 fully saturated rings. The molecule has 90 valence electrons. The van der Waals surface area contributed by atoms with Gasteiger partial charge in [0.15, 0.2) is 0 Å². The van der Waals surface area contributed by atoms with Gasteiger partial charge >= 0.3 is 0 Å². The molecule has 2 rings (SSSR count). The molecule has 16 heavy (non-hydrogen) atoms. The van der Waals surface area contributed by atoms with Crippen LogP contribution >= 0.6 is 0 Å². The lowest BCUT2D eigenvalue weighted by Crippen LogP contribution is -2.24. The van der Waals surface area contributed by atoms with Crippen LogP contribution in [-0.2, 0) is 4.74 Å². The third kappa shape index (κ3) is 3.34. The van der Waals surface area contributed by atoms with Gasteiger partial charge in [-0.3, -0.25) is 0 Å². The zero-order valence-electron chi connectivity index (χ0n) is 10.8. The minimum atomic E-state index is 0.436. The molecule has 0 N–H and O–H groups in total. The first-order valence-electron chi connectivity index (χ1n) is 6.49. The number of benzene rings is 1. The molecule has 0 saturated heterocycles. The van der Waals surface area contributed by atoms with Crippen molar-refractivity contribution in [1.29, 1.82) is 0 Å². The molecule has 1 saturated carbocycles. The predicted octanol–water partition coefficient (Wildman–Crippen LogP) is 4.39. The van der Waals surface area contributed by atoms with E-state index >= 15 is 0 Å². The van der Waals surface area contributed by atoms with E-state index in [9.17, 15) is 0 Å². The van der Waals surface area contributed by atoms with Crippen molar-refractivity contribution in [3.8, 4) is 0 Å². The first-order valence-corrected chi connectivity index (χ1v) is 6.49. The van der Waals surface area contributed by atoms with E-state index in [4.69, 9.17) is 4.74 Å². The summed E-state index contributed by atoms with van der Waals surface area (Å²) < 4.78 is 5.56. The Morgan fingerprint density at radius 1 is 1.00 bits per heavy atom. The second kappa shape index (κ2) is 7.45. The fourth-order valence-corrected chi connectivity index (χ4v) is 2.46. The number of ether oxygens (including phenoxy) is 1. The quantitative estimate of drug-likeness (QED) is 0.718. The van der Waals surface area contributed by atoms with Crippen molar-refractivity contribution in [2.24, 2.45) is 0 Å². The second-order valence-electron chi connectivity index (χ2n) is 4.08. The molecule has 1 aromatic carbocycles. The Bertz CT molecular complexity index is 268. The van der Waals surface area contributed by atoms with E-state index in [1.807, 2.05) is 21.0 Å². The lowest BCUT2D eigenvalue weighted by Gasteiger charge is -2.30. The Morgan fingerprint density at radius 3 is 2.25 bits per heavy atom. The maximum Gasteiger partial charge on any atom is 0.0639 e. The van der Waals surface area contributed by atoms with Gasteiger partial charge in [0.05, 0.1) is 6.10 Å². The zero-order chi connectivity index (χ0) is 11.8. The lowest BCUT2D eigenvalue weighted by atomic mass is 9.82. The Labute approximate surface area is 99.8 Å². The number of rotatable bonds is 2. The van der Waals surface area contributed by atoms with Crippen LogP contribution in [-0.4, -0.2) is 13.2 Å². The molecule has 0 bridgehead atoms. The van der Waals surface area contributed by atoms with Gasteiger partial charge in [0.1, 0.15) is 0 Å². The molecule has 1 aliphatic carbocycles. The van der Waals surface area contributed by atoms with Crippen LogP contribution in [0.4, 0.5) is 0 Å². The number of hydrogen-bond donors (Lipinski definition) is 0. The fraction of sp³-hybridized carbons (Fsp3) is 0.600. The molecule has 1 aliphatic rings. The second-order valence-corrected chi connectivity index (χ2v) is 4.08. The smallest absolute Gasteiger partial charge is 0.0639 e. The van der Waals surface area contributed by atoms with E-state index in [2.05, 4.69) is 30.3 Å². The molecule has 2 atom stereocenters. The highest BCUT2D eigenvalue weighted by Gasteiger charge is 2.25. The van der Waals surface area contributed by atoms with Gasteiger partial charge in [-0.05, 0) is 18.4 Å².